The first-order chi connectivity index (χ1) is 8.54. The molecule has 0 heterocycles. The van der Waals surface area contributed by atoms with Crippen molar-refractivity contribution < 1.29 is 4.74 Å². The van der Waals surface area contributed by atoms with E-state index in [1.54, 1.807) is 0 Å². The lowest BCUT2D eigenvalue weighted by atomic mass is 10.1. The maximum absolute atomic E-state index is 6.08. The van der Waals surface area contributed by atoms with Gasteiger partial charge in [0, 0.05) is 12.1 Å². The zero-order valence-corrected chi connectivity index (χ0v) is 11.8. The van der Waals surface area contributed by atoms with E-state index < -0.39 is 0 Å². The largest absolute Gasteiger partial charge is 0.372 e. The van der Waals surface area contributed by atoms with Gasteiger partial charge in [0.15, 0.2) is 0 Å². The van der Waals surface area contributed by atoms with Crippen molar-refractivity contribution in [2.75, 3.05) is 13.2 Å². The summed E-state index contributed by atoms with van der Waals surface area (Å²) in [5.41, 5.74) is 1.41. The Bertz CT molecular complexity index is 351. The van der Waals surface area contributed by atoms with Gasteiger partial charge in [0.25, 0.3) is 0 Å². The summed E-state index contributed by atoms with van der Waals surface area (Å²) in [6.45, 7) is 8.35. The Morgan fingerprint density at radius 2 is 1.89 bits per heavy atom. The van der Waals surface area contributed by atoms with E-state index in [4.69, 9.17) is 4.74 Å². The number of rotatable bonds is 6. The van der Waals surface area contributed by atoms with Gasteiger partial charge in [-0.1, -0.05) is 30.3 Å². The second-order valence-corrected chi connectivity index (χ2v) is 6.31. The molecule has 1 aliphatic carbocycles. The van der Waals surface area contributed by atoms with Crippen LogP contribution in [-0.4, -0.2) is 18.7 Å². The van der Waals surface area contributed by atoms with Gasteiger partial charge in [-0.2, -0.15) is 0 Å². The van der Waals surface area contributed by atoms with Crippen molar-refractivity contribution in [1.29, 1.82) is 0 Å². The topological polar surface area (TPSA) is 21.3 Å². The maximum atomic E-state index is 6.08. The van der Waals surface area contributed by atoms with Crippen LogP contribution in [0, 0.1) is 5.92 Å². The Morgan fingerprint density at radius 1 is 1.22 bits per heavy atom. The van der Waals surface area contributed by atoms with Crippen LogP contribution in [0.25, 0.3) is 0 Å². The molecule has 100 valence electrons. The van der Waals surface area contributed by atoms with E-state index in [9.17, 15) is 0 Å². The molecule has 1 fully saturated rings. The molecule has 1 N–H and O–H groups in total. The Balaban J connectivity index is 1.93. The molecule has 1 aromatic rings. The number of ether oxygens (including phenoxy) is 1. The lowest BCUT2D eigenvalue weighted by molar-refractivity contribution is 0.0412. The van der Waals surface area contributed by atoms with Crippen LogP contribution in [0.3, 0.4) is 0 Å². The molecule has 1 aromatic carbocycles. The van der Waals surface area contributed by atoms with E-state index in [1.807, 2.05) is 0 Å². The minimum absolute atomic E-state index is 0.135. The van der Waals surface area contributed by atoms with Crippen molar-refractivity contribution in [1.82, 2.24) is 5.32 Å². The van der Waals surface area contributed by atoms with Crippen molar-refractivity contribution in [2.24, 2.45) is 5.92 Å². The van der Waals surface area contributed by atoms with Gasteiger partial charge >= 0.3 is 0 Å². The predicted molar refractivity (Wildman–Crippen MR) is 75.6 cm³/mol. The van der Waals surface area contributed by atoms with E-state index >= 15 is 0 Å². The first-order valence-electron chi connectivity index (χ1n) is 6.96. The van der Waals surface area contributed by atoms with Crippen LogP contribution in [0.5, 0.6) is 0 Å². The first-order valence-corrected chi connectivity index (χ1v) is 6.96. The Morgan fingerprint density at radius 3 is 2.44 bits per heavy atom. The first kappa shape index (κ1) is 13.6. The van der Waals surface area contributed by atoms with Gasteiger partial charge in [-0.15, -0.1) is 0 Å². The molecule has 18 heavy (non-hydrogen) atoms. The van der Waals surface area contributed by atoms with Gasteiger partial charge in [0.2, 0.25) is 0 Å². The summed E-state index contributed by atoms with van der Waals surface area (Å²) in [4.78, 5) is 0. The van der Waals surface area contributed by atoms with Gasteiger partial charge in [-0.05, 0) is 45.1 Å². The molecule has 0 bridgehead atoms. The van der Waals surface area contributed by atoms with E-state index in [0.29, 0.717) is 0 Å². The zero-order valence-electron chi connectivity index (χ0n) is 11.8. The molecule has 2 nitrogen and oxygen atoms in total. The van der Waals surface area contributed by atoms with E-state index in [0.717, 1.165) is 19.1 Å². The lowest BCUT2D eigenvalue weighted by Crippen LogP contribution is -2.39. The summed E-state index contributed by atoms with van der Waals surface area (Å²) in [5.74, 6) is 0.811. The van der Waals surface area contributed by atoms with Crippen LogP contribution in [0.1, 0.15) is 45.3 Å². The average Bonchev–Trinajstić information content (AvgIpc) is 3.13. The fourth-order valence-electron chi connectivity index (χ4n) is 1.88. The molecule has 1 aliphatic rings. The monoisotopic (exact) mass is 247 g/mol. The third-order valence-corrected chi connectivity index (χ3v) is 3.22. The predicted octanol–water partition coefficient (Wildman–Crippen LogP) is 3.54. The highest BCUT2D eigenvalue weighted by Crippen LogP contribution is 2.31. The SMILES string of the molecule is CC(C)(C)NCC(OCC1CC1)c1ccccc1. The molecule has 0 radical (unpaired) electrons. The normalized spacial score (nSPS) is 17.7. The molecule has 0 aromatic heterocycles. The van der Waals surface area contributed by atoms with Gasteiger partial charge in [-0.3, -0.25) is 0 Å². The fourth-order valence-corrected chi connectivity index (χ4v) is 1.88. The van der Waals surface area contributed by atoms with Crippen molar-refractivity contribution in [3.63, 3.8) is 0 Å². The number of hydrogen-bond donors (Lipinski definition) is 1. The molecular weight excluding hydrogens is 222 g/mol. The molecule has 1 saturated carbocycles. The third kappa shape index (κ3) is 4.79. The molecule has 0 amide bonds. The van der Waals surface area contributed by atoms with Crippen LogP contribution in [0.15, 0.2) is 30.3 Å². The summed E-state index contributed by atoms with van der Waals surface area (Å²) in [6.07, 6.45) is 2.86. The lowest BCUT2D eigenvalue weighted by Gasteiger charge is -2.26. The van der Waals surface area contributed by atoms with Crippen LogP contribution >= 0.6 is 0 Å². The van der Waals surface area contributed by atoms with E-state index in [2.05, 4.69) is 56.4 Å². The average molecular weight is 247 g/mol. The number of benzene rings is 1. The minimum Gasteiger partial charge on any atom is -0.372 e. The molecule has 1 unspecified atom stereocenters. The van der Waals surface area contributed by atoms with Crippen molar-refractivity contribution >= 4 is 0 Å². The summed E-state index contributed by atoms with van der Waals surface area (Å²) < 4.78 is 6.08. The molecular formula is C16H25NO. The summed E-state index contributed by atoms with van der Waals surface area (Å²) in [7, 11) is 0. The van der Waals surface area contributed by atoms with Gasteiger partial charge < -0.3 is 10.1 Å². The molecule has 0 saturated heterocycles. The molecule has 0 aliphatic heterocycles. The van der Waals surface area contributed by atoms with Gasteiger partial charge in [0.05, 0.1) is 12.7 Å². The van der Waals surface area contributed by atoms with E-state index in [1.165, 1.54) is 18.4 Å². The van der Waals surface area contributed by atoms with Gasteiger partial charge in [0.1, 0.15) is 0 Å². The molecule has 2 rings (SSSR count). The Kier molecular flexibility index (Phi) is 4.41. The maximum Gasteiger partial charge on any atom is 0.0949 e. The summed E-state index contributed by atoms with van der Waals surface area (Å²) in [5, 5.41) is 3.54. The Hall–Kier alpha value is -0.860. The van der Waals surface area contributed by atoms with Crippen LogP contribution < -0.4 is 5.32 Å². The third-order valence-electron chi connectivity index (χ3n) is 3.22. The standard InChI is InChI=1S/C16H25NO/c1-16(2,3)17-11-15(18-12-13-9-10-13)14-7-5-4-6-8-14/h4-8,13,15,17H,9-12H2,1-3H3. The fraction of sp³-hybridized carbons (Fsp3) is 0.625. The van der Waals surface area contributed by atoms with Gasteiger partial charge in [-0.25, -0.2) is 0 Å². The van der Waals surface area contributed by atoms with Crippen LogP contribution in [0.2, 0.25) is 0 Å². The highest BCUT2D eigenvalue weighted by Gasteiger charge is 2.24. The minimum atomic E-state index is 0.135. The van der Waals surface area contributed by atoms with Crippen molar-refractivity contribution in [3.05, 3.63) is 35.9 Å². The van der Waals surface area contributed by atoms with Crippen molar-refractivity contribution in [2.45, 2.75) is 45.3 Å². The second-order valence-electron chi connectivity index (χ2n) is 6.31. The van der Waals surface area contributed by atoms with E-state index in [-0.39, 0.29) is 11.6 Å². The molecule has 1 atom stereocenters. The number of hydrogen-bond acceptors (Lipinski definition) is 2. The highest BCUT2D eigenvalue weighted by molar-refractivity contribution is 5.18. The molecule has 0 spiro atoms. The summed E-state index contributed by atoms with van der Waals surface area (Å²) in [6, 6.07) is 10.5. The molecule has 2 heteroatoms. The second kappa shape index (κ2) is 5.85. The van der Waals surface area contributed by atoms with Crippen molar-refractivity contribution in [3.8, 4) is 0 Å². The quantitative estimate of drug-likeness (QED) is 0.830. The summed E-state index contributed by atoms with van der Waals surface area (Å²) >= 11 is 0. The zero-order chi connectivity index (χ0) is 13.0. The Labute approximate surface area is 111 Å². The van der Waals surface area contributed by atoms with Crippen LogP contribution in [0.4, 0.5) is 0 Å². The van der Waals surface area contributed by atoms with Crippen LogP contribution in [-0.2, 0) is 4.74 Å². The number of nitrogens with one attached hydrogen (secondary N) is 1. The smallest absolute Gasteiger partial charge is 0.0949 e. The highest BCUT2D eigenvalue weighted by atomic mass is 16.5.